The monoisotopic (exact) mass is 573 g/mol. The molecule has 9 heteroatoms. The number of hydrazine groups is 1. The second-order valence-electron chi connectivity index (χ2n) is 10.9. The van der Waals surface area contributed by atoms with E-state index >= 15 is 0 Å². The third-order valence-electron chi connectivity index (χ3n) is 7.23. The first-order valence-corrected chi connectivity index (χ1v) is 15.1. The van der Waals surface area contributed by atoms with Crippen molar-refractivity contribution in [2.45, 2.75) is 50.9 Å². The first-order valence-electron chi connectivity index (χ1n) is 14.2. The molecule has 3 fully saturated rings. The van der Waals surface area contributed by atoms with Gasteiger partial charge in [-0.2, -0.15) is 4.83 Å². The fourth-order valence-corrected chi connectivity index (χ4v) is 5.97. The van der Waals surface area contributed by atoms with Gasteiger partial charge in [-0.3, -0.25) is 4.79 Å². The standard InChI is InChI=1S/C15H27N3OS.C9H12O4.C7H8/c1-13(2)12-18(11-5-10-16-3)17-20-15-8-6-14(19-4)7-9-15;10-4-13-8-5-1-6-7(8)3-12-9(6)11-2-5;1-7-5-3-2-4-6-7/h6-9,13,16-17H,5,10-12H2,1-4H3;4-9H,1-3H2;2-6H,1H3. The molecule has 0 amide bonds. The van der Waals surface area contributed by atoms with Crippen LogP contribution in [-0.2, 0) is 19.0 Å². The van der Waals surface area contributed by atoms with Gasteiger partial charge in [0, 0.05) is 35.7 Å². The lowest BCUT2D eigenvalue weighted by Crippen LogP contribution is -2.38. The van der Waals surface area contributed by atoms with E-state index in [1.165, 1.54) is 10.5 Å². The summed E-state index contributed by atoms with van der Waals surface area (Å²) in [6.45, 7) is 11.6. The zero-order valence-electron chi connectivity index (χ0n) is 24.6. The number of aryl methyl sites for hydroxylation is 1. The zero-order valence-corrected chi connectivity index (χ0v) is 25.4. The van der Waals surface area contributed by atoms with Crippen molar-refractivity contribution in [2.24, 2.45) is 23.7 Å². The normalized spacial score (nSPS) is 24.1. The molecule has 5 rings (SSSR count). The Bertz CT molecular complexity index is 965. The minimum absolute atomic E-state index is 0.0264. The van der Waals surface area contributed by atoms with Gasteiger partial charge in [-0.1, -0.05) is 49.7 Å². The number of benzene rings is 2. The molecule has 222 valence electrons. The van der Waals surface area contributed by atoms with Crippen molar-refractivity contribution in [2.75, 3.05) is 47.0 Å². The Hall–Kier alpha value is -2.14. The van der Waals surface area contributed by atoms with E-state index in [2.05, 4.69) is 60.2 Å². The van der Waals surface area contributed by atoms with E-state index in [4.69, 9.17) is 18.9 Å². The van der Waals surface area contributed by atoms with E-state index in [1.54, 1.807) is 19.1 Å². The Morgan fingerprint density at radius 3 is 2.40 bits per heavy atom. The number of nitrogens with one attached hydrogen (secondary N) is 2. The fourth-order valence-electron chi connectivity index (χ4n) is 5.30. The summed E-state index contributed by atoms with van der Waals surface area (Å²) in [6.07, 6.45) is 2.24. The van der Waals surface area contributed by atoms with Crippen LogP contribution in [0.5, 0.6) is 5.75 Å². The highest BCUT2D eigenvalue weighted by Gasteiger charge is 2.55. The van der Waals surface area contributed by atoms with Crippen molar-refractivity contribution in [3.05, 3.63) is 60.2 Å². The van der Waals surface area contributed by atoms with Crippen LogP contribution in [0.3, 0.4) is 0 Å². The Morgan fingerprint density at radius 1 is 1.07 bits per heavy atom. The maximum atomic E-state index is 10.3. The second-order valence-corrected chi connectivity index (χ2v) is 11.7. The van der Waals surface area contributed by atoms with Crippen molar-refractivity contribution in [3.8, 4) is 5.75 Å². The minimum atomic E-state index is -0.0264. The van der Waals surface area contributed by atoms with Gasteiger partial charge in [0.1, 0.15) is 11.9 Å². The summed E-state index contributed by atoms with van der Waals surface area (Å²) in [5.41, 5.74) is 1.32. The van der Waals surface area contributed by atoms with Crippen LogP contribution in [0.25, 0.3) is 0 Å². The third-order valence-corrected chi connectivity index (χ3v) is 8.09. The zero-order chi connectivity index (χ0) is 28.7. The third kappa shape index (κ3) is 10.4. The number of nitrogens with zero attached hydrogens (tertiary/aromatic N) is 1. The second kappa shape index (κ2) is 17.6. The van der Waals surface area contributed by atoms with Crippen LogP contribution < -0.4 is 14.9 Å². The number of ether oxygens (including phenoxy) is 4. The molecule has 0 radical (unpaired) electrons. The van der Waals surface area contributed by atoms with Gasteiger partial charge < -0.3 is 24.3 Å². The number of carbonyl (C=O) groups excluding carboxylic acids is 1. The quantitative estimate of drug-likeness (QED) is 0.159. The van der Waals surface area contributed by atoms with Crippen molar-refractivity contribution in [1.82, 2.24) is 15.2 Å². The molecule has 5 atom stereocenters. The summed E-state index contributed by atoms with van der Waals surface area (Å²) in [7, 11) is 3.68. The summed E-state index contributed by atoms with van der Waals surface area (Å²) in [6, 6.07) is 18.4. The number of rotatable bonds is 12. The van der Waals surface area contributed by atoms with Crippen molar-refractivity contribution < 1.29 is 23.7 Å². The highest BCUT2D eigenvalue weighted by molar-refractivity contribution is 7.97. The van der Waals surface area contributed by atoms with Gasteiger partial charge in [0.25, 0.3) is 6.47 Å². The van der Waals surface area contributed by atoms with Crippen LogP contribution >= 0.6 is 11.9 Å². The number of carbonyl (C=O) groups is 1. The molecule has 1 saturated carbocycles. The van der Waals surface area contributed by atoms with Gasteiger partial charge in [-0.15, -0.1) is 0 Å². The van der Waals surface area contributed by atoms with E-state index in [9.17, 15) is 4.79 Å². The minimum Gasteiger partial charge on any atom is -0.497 e. The molecule has 2 aromatic rings. The van der Waals surface area contributed by atoms with Crippen molar-refractivity contribution in [1.29, 1.82) is 0 Å². The molecule has 40 heavy (non-hydrogen) atoms. The number of methoxy groups -OCH3 is 1. The predicted octanol–water partition coefficient (Wildman–Crippen LogP) is 4.94. The van der Waals surface area contributed by atoms with Gasteiger partial charge >= 0.3 is 0 Å². The Kier molecular flexibility index (Phi) is 14.3. The molecule has 2 aromatic carbocycles. The van der Waals surface area contributed by atoms with E-state index in [-0.39, 0.29) is 12.4 Å². The molecule has 2 aliphatic heterocycles. The van der Waals surface area contributed by atoms with Gasteiger partial charge in [-0.05, 0) is 75.5 Å². The summed E-state index contributed by atoms with van der Waals surface area (Å²) >= 11 is 1.65. The van der Waals surface area contributed by atoms with E-state index in [1.807, 2.05) is 37.4 Å². The molecule has 2 heterocycles. The van der Waals surface area contributed by atoms with Crippen LogP contribution in [0.2, 0.25) is 0 Å². The van der Waals surface area contributed by atoms with Crippen LogP contribution in [0, 0.1) is 30.6 Å². The SMILES string of the molecule is CNCCCN(CC(C)C)NSc1ccc(OC)cc1.Cc1ccccc1.O=COC1C2COC3OCC1C3C2. The lowest BCUT2D eigenvalue weighted by molar-refractivity contribution is -0.173. The summed E-state index contributed by atoms with van der Waals surface area (Å²) in [5, 5.41) is 5.48. The predicted molar refractivity (Wildman–Crippen MR) is 160 cm³/mol. The molecule has 2 bridgehead atoms. The molecular formula is C31H47N3O5S. The molecule has 3 aliphatic rings. The first-order chi connectivity index (χ1) is 19.4. The van der Waals surface area contributed by atoms with Gasteiger partial charge in [0.05, 0.1) is 20.3 Å². The highest BCUT2D eigenvalue weighted by atomic mass is 32.2. The lowest BCUT2D eigenvalue weighted by Gasteiger charge is -2.26. The molecule has 1 aliphatic carbocycles. The number of fused-ring (bicyclic) bond motifs is 1. The Morgan fingerprint density at radius 2 is 1.80 bits per heavy atom. The Labute approximate surface area is 244 Å². The van der Waals surface area contributed by atoms with Crippen molar-refractivity contribution in [3.63, 3.8) is 0 Å². The largest absolute Gasteiger partial charge is 0.497 e. The number of hydrogen-bond donors (Lipinski definition) is 2. The highest BCUT2D eigenvalue weighted by Crippen LogP contribution is 2.49. The average Bonchev–Trinajstić information content (AvgIpc) is 3.50. The van der Waals surface area contributed by atoms with Crippen LogP contribution in [0.15, 0.2) is 59.5 Å². The summed E-state index contributed by atoms with van der Waals surface area (Å²) < 4.78 is 21.3. The molecule has 5 unspecified atom stereocenters. The summed E-state index contributed by atoms with van der Waals surface area (Å²) in [5.74, 6) is 2.78. The molecule has 8 nitrogen and oxygen atoms in total. The number of hydrogen-bond acceptors (Lipinski definition) is 9. The summed E-state index contributed by atoms with van der Waals surface area (Å²) in [4.78, 5) is 15.0. The van der Waals surface area contributed by atoms with Crippen molar-refractivity contribution >= 4 is 18.4 Å². The molecule has 0 aromatic heterocycles. The van der Waals surface area contributed by atoms with E-state index in [0.717, 1.165) is 38.2 Å². The molecule has 2 N–H and O–H groups in total. The van der Waals surface area contributed by atoms with E-state index < -0.39 is 0 Å². The van der Waals surface area contributed by atoms with Crippen LogP contribution in [0.4, 0.5) is 0 Å². The lowest BCUT2D eigenvalue weighted by atomic mass is 9.98. The first kappa shape index (κ1) is 32.4. The topological polar surface area (TPSA) is 81.3 Å². The smallest absolute Gasteiger partial charge is 0.293 e. The molecular weight excluding hydrogens is 526 g/mol. The molecule has 0 spiro atoms. The molecule has 2 saturated heterocycles. The average molecular weight is 574 g/mol. The maximum Gasteiger partial charge on any atom is 0.293 e. The fraction of sp³-hybridized carbons (Fsp3) is 0.581. The van der Waals surface area contributed by atoms with Gasteiger partial charge in [-0.25, -0.2) is 5.01 Å². The maximum absolute atomic E-state index is 10.3. The Balaban J connectivity index is 0.000000186. The van der Waals surface area contributed by atoms with Crippen LogP contribution in [0.1, 0.15) is 32.3 Å². The van der Waals surface area contributed by atoms with E-state index in [0.29, 0.717) is 43.4 Å². The van der Waals surface area contributed by atoms with Crippen LogP contribution in [-0.4, -0.2) is 70.9 Å². The van der Waals surface area contributed by atoms with Gasteiger partial charge in [0.2, 0.25) is 0 Å². The van der Waals surface area contributed by atoms with Gasteiger partial charge in [0.15, 0.2) is 6.29 Å².